The van der Waals surface area contributed by atoms with Gasteiger partial charge in [-0.15, -0.1) is 0 Å². The average molecular weight is 242 g/mol. The molecule has 6 heteroatoms. The van der Waals surface area contributed by atoms with Crippen molar-refractivity contribution in [2.24, 2.45) is 0 Å². The Kier molecular flexibility index (Phi) is 3.23. The smallest absolute Gasteiger partial charge is 0.340 e. The van der Waals surface area contributed by atoms with Crippen molar-refractivity contribution in [3.8, 4) is 0 Å². The summed E-state index contributed by atoms with van der Waals surface area (Å²) in [5.74, 6) is -3.13. The first-order valence-electron chi connectivity index (χ1n) is 5.17. The van der Waals surface area contributed by atoms with E-state index < -0.39 is 23.2 Å². The highest BCUT2D eigenvalue weighted by Gasteiger charge is 2.22. The molecule has 0 radical (unpaired) electrons. The number of hydrogen-bond acceptors (Lipinski definition) is 4. The minimum atomic E-state index is -1.19. The first kappa shape index (κ1) is 11.8. The molecular weight excluding hydrogens is 230 g/mol. The maximum absolute atomic E-state index is 13.6. The number of rotatable bonds is 3. The van der Waals surface area contributed by atoms with Crippen molar-refractivity contribution in [2.75, 3.05) is 25.5 Å². The Hall–Kier alpha value is -1.69. The third-order valence-electron chi connectivity index (χ3n) is 2.63. The quantitative estimate of drug-likeness (QED) is 0.780. The highest BCUT2D eigenvalue weighted by molar-refractivity contribution is 5.90. The van der Waals surface area contributed by atoms with E-state index in [1.807, 2.05) is 0 Å². The Labute approximate surface area is 97.0 Å². The first-order valence-corrected chi connectivity index (χ1v) is 5.17. The van der Waals surface area contributed by atoms with Crippen LogP contribution in [0.15, 0.2) is 12.1 Å². The van der Waals surface area contributed by atoms with Gasteiger partial charge in [0.25, 0.3) is 0 Å². The third-order valence-corrected chi connectivity index (χ3v) is 2.63. The van der Waals surface area contributed by atoms with Crippen LogP contribution in [0.25, 0.3) is 0 Å². The number of anilines is 1. The summed E-state index contributed by atoms with van der Waals surface area (Å²) in [6, 6.07) is 2.63. The molecule has 0 saturated carbocycles. The zero-order valence-electron chi connectivity index (χ0n) is 9.22. The number of nitrogens with one attached hydrogen (secondary N) is 2. The first-order chi connectivity index (χ1) is 8.13. The van der Waals surface area contributed by atoms with Gasteiger partial charge >= 0.3 is 5.97 Å². The Morgan fingerprint density at radius 3 is 2.65 bits per heavy atom. The van der Waals surface area contributed by atoms with Crippen LogP contribution >= 0.6 is 0 Å². The molecule has 1 fully saturated rings. The summed E-state index contributed by atoms with van der Waals surface area (Å²) < 4.78 is 31.5. The minimum absolute atomic E-state index is 0.0571. The van der Waals surface area contributed by atoms with Crippen molar-refractivity contribution in [1.29, 1.82) is 0 Å². The maximum atomic E-state index is 13.6. The van der Waals surface area contributed by atoms with Gasteiger partial charge in [0.15, 0.2) is 11.6 Å². The Balaban J connectivity index is 2.24. The molecule has 4 nitrogen and oxygen atoms in total. The second-order valence-electron chi connectivity index (χ2n) is 3.78. The number of carbonyl (C=O) groups is 1. The van der Waals surface area contributed by atoms with E-state index in [-0.39, 0.29) is 11.7 Å². The monoisotopic (exact) mass is 242 g/mol. The minimum Gasteiger partial charge on any atom is -0.465 e. The molecule has 2 N–H and O–H groups in total. The zero-order chi connectivity index (χ0) is 12.4. The molecule has 1 aliphatic rings. The molecule has 1 aromatic rings. The second-order valence-corrected chi connectivity index (χ2v) is 3.78. The van der Waals surface area contributed by atoms with Crippen LogP contribution in [-0.4, -0.2) is 32.2 Å². The summed E-state index contributed by atoms with van der Waals surface area (Å²) in [6.07, 6.45) is 0. The zero-order valence-corrected chi connectivity index (χ0v) is 9.22. The van der Waals surface area contributed by atoms with Crippen LogP contribution in [0.3, 0.4) is 0 Å². The second kappa shape index (κ2) is 4.67. The average Bonchev–Trinajstić information content (AvgIpc) is 2.28. The Bertz CT molecular complexity index is 447. The number of hydrogen-bond donors (Lipinski definition) is 2. The predicted molar refractivity (Wildman–Crippen MR) is 58.0 cm³/mol. The third kappa shape index (κ3) is 2.21. The van der Waals surface area contributed by atoms with Gasteiger partial charge in [-0.3, -0.25) is 0 Å². The molecular formula is C11H12F2N2O2. The molecule has 1 heterocycles. The van der Waals surface area contributed by atoms with Gasteiger partial charge in [-0.1, -0.05) is 0 Å². The fourth-order valence-corrected chi connectivity index (χ4v) is 1.54. The molecule has 1 aromatic carbocycles. The van der Waals surface area contributed by atoms with Crippen molar-refractivity contribution in [3.63, 3.8) is 0 Å². The largest absolute Gasteiger partial charge is 0.465 e. The number of halogens is 2. The fraction of sp³-hybridized carbons (Fsp3) is 0.364. The molecule has 1 aliphatic heterocycles. The molecule has 0 unspecified atom stereocenters. The van der Waals surface area contributed by atoms with Crippen LogP contribution in [0.4, 0.5) is 14.5 Å². The fourth-order valence-electron chi connectivity index (χ4n) is 1.54. The number of carbonyl (C=O) groups excluding carboxylic acids is 1. The van der Waals surface area contributed by atoms with Gasteiger partial charge in [0, 0.05) is 13.1 Å². The lowest BCUT2D eigenvalue weighted by molar-refractivity contribution is 0.0594. The van der Waals surface area contributed by atoms with E-state index in [0.29, 0.717) is 13.1 Å². The molecule has 2 rings (SSSR count). The summed E-state index contributed by atoms with van der Waals surface area (Å²) in [4.78, 5) is 11.1. The van der Waals surface area contributed by atoms with E-state index in [0.717, 1.165) is 7.11 Å². The van der Waals surface area contributed by atoms with Crippen molar-refractivity contribution >= 4 is 11.7 Å². The van der Waals surface area contributed by atoms with Gasteiger partial charge < -0.3 is 15.4 Å². The van der Waals surface area contributed by atoms with E-state index in [9.17, 15) is 13.6 Å². The lowest BCUT2D eigenvalue weighted by atomic mass is 10.1. The van der Waals surface area contributed by atoms with Crippen LogP contribution in [0, 0.1) is 11.6 Å². The SMILES string of the molecule is COC(=O)c1ccc(NC2CNC2)c(F)c1F. The molecule has 0 aliphatic carbocycles. The number of ether oxygens (including phenoxy) is 1. The summed E-state index contributed by atoms with van der Waals surface area (Å²) in [6.45, 7) is 1.42. The van der Waals surface area contributed by atoms with Crippen molar-refractivity contribution in [2.45, 2.75) is 6.04 Å². The van der Waals surface area contributed by atoms with E-state index in [1.165, 1.54) is 12.1 Å². The standard InChI is InChI=1S/C11H12F2N2O2/c1-17-11(16)7-2-3-8(10(13)9(7)12)15-6-4-14-5-6/h2-3,6,14-15H,4-5H2,1H3. The van der Waals surface area contributed by atoms with Gasteiger partial charge in [-0.25, -0.2) is 13.6 Å². The maximum Gasteiger partial charge on any atom is 0.340 e. The van der Waals surface area contributed by atoms with E-state index in [1.54, 1.807) is 0 Å². The van der Waals surface area contributed by atoms with Crippen LogP contribution in [-0.2, 0) is 4.74 Å². The summed E-state index contributed by atoms with van der Waals surface area (Å²) in [5, 5.41) is 5.84. The summed E-state index contributed by atoms with van der Waals surface area (Å²) in [5.41, 5.74) is -0.344. The topological polar surface area (TPSA) is 50.4 Å². The molecule has 0 atom stereocenters. The summed E-state index contributed by atoms with van der Waals surface area (Å²) in [7, 11) is 1.12. The molecule has 0 spiro atoms. The van der Waals surface area contributed by atoms with Gasteiger partial charge in [-0.05, 0) is 12.1 Å². The molecule has 0 amide bonds. The van der Waals surface area contributed by atoms with Gasteiger partial charge in [-0.2, -0.15) is 0 Å². The van der Waals surface area contributed by atoms with Gasteiger partial charge in [0.2, 0.25) is 0 Å². The van der Waals surface area contributed by atoms with Crippen LogP contribution in [0.1, 0.15) is 10.4 Å². The highest BCUT2D eigenvalue weighted by Crippen LogP contribution is 2.22. The molecule has 0 aromatic heterocycles. The van der Waals surface area contributed by atoms with Crippen molar-refractivity contribution in [3.05, 3.63) is 29.3 Å². The van der Waals surface area contributed by atoms with E-state index in [4.69, 9.17) is 0 Å². The molecule has 0 bridgehead atoms. The molecule has 17 heavy (non-hydrogen) atoms. The summed E-state index contributed by atoms with van der Waals surface area (Å²) >= 11 is 0. The highest BCUT2D eigenvalue weighted by atomic mass is 19.2. The number of benzene rings is 1. The van der Waals surface area contributed by atoms with Gasteiger partial charge in [0.1, 0.15) is 0 Å². The lowest BCUT2D eigenvalue weighted by Crippen LogP contribution is -2.51. The number of methoxy groups -OCH3 is 1. The Morgan fingerprint density at radius 1 is 1.41 bits per heavy atom. The van der Waals surface area contributed by atoms with E-state index in [2.05, 4.69) is 15.4 Å². The van der Waals surface area contributed by atoms with Crippen molar-refractivity contribution < 1.29 is 18.3 Å². The van der Waals surface area contributed by atoms with E-state index >= 15 is 0 Å². The lowest BCUT2D eigenvalue weighted by Gasteiger charge is -2.29. The van der Waals surface area contributed by atoms with Crippen LogP contribution < -0.4 is 10.6 Å². The van der Waals surface area contributed by atoms with Gasteiger partial charge in [0.05, 0.1) is 24.4 Å². The normalized spacial score (nSPS) is 15.2. The van der Waals surface area contributed by atoms with Crippen molar-refractivity contribution in [1.82, 2.24) is 5.32 Å². The predicted octanol–water partition coefficient (Wildman–Crippen LogP) is 1.14. The Morgan fingerprint density at radius 2 is 2.12 bits per heavy atom. The molecule has 1 saturated heterocycles. The molecule has 92 valence electrons. The number of esters is 1. The van der Waals surface area contributed by atoms with Crippen LogP contribution in [0.5, 0.6) is 0 Å². The van der Waals surface area contributed by atoms with Crippen LogP contribution in [0.2, 0.25) is 0 Å².